The Morgan fingerprint density at radius 2 is 1.66 bits per heavy atom. The summed E-state index contributed by atoms with van der Waals surface area (Å²) in [7, 11) is -3.10. The summed E-state index contributed by atoms with van der Waals surface area (Å²) in [6.07, 6.45) is 0.648. The lowest BCUT2D eigenvalue weighted by molar-refractivity contribution is -0.385. The van der Waals surface area contributed by atoms with Gasteiger partial charge in [-0.2, -0.15) is 0 Å². The Morgan fingerprint density at radius 3 is 2.20 bits per heavy atom. The maximum atomic E-state index is 14.1. The van der Waals surface area contributed by atoms with Gasteiger partial charge in [-0.1, -0.05) is 42.3 Å². The van der Waals surface area contributed by atoms with E-state index < -0.39 is 45.0 Å². The van der Waals surface area contributed by atoms with E-state index in [-0.39, 0.29) is 38.8 Å². The first-order valence-electron chi connectivity index (χ1n) is 13.7. The highest BCUT2D eigenvalue weighted by Gasteiger charge is 2.34. The molecule has 0 saturated heterocycles. The molecule has 3 aromatic carbocycles. The monoisotopic (exact) mass is 664 g/mol. The molecule has 44 heavy (non-hydrogen) atoms. The van der Waals surface area contributed by atoms with E-state index >= 15 is 0 Å². The number of ether oxygens (including phenoxy) is 1. The maximum absolute atomic E-state index is 14.1. The number of hydrogen-bond acceptors (Lipinski definition) is 7. The number of nitrogens with zero attached hydrogens (tertiary/aromatic N) is 3. The summed E-state index contributed by atoms with van der Waals surface area (Å²) >= 11 is 12.8. The molecule has 0 heterocycles. The van der Waals surface area contributed by atoms with Crippen LogP contribution in [0.4, 0.5) is 11.4 Å². The first-order chi connectivity index (χ1) is 20.7. The van der Waals surface area contributed by atoms with Gasteiger partial charge >= 0.3 is 0 Å². The second-order valence-corrected chi connectivity index (χ2v) is 12.8. The van der Waals surface area contributed by atoms with Gasteiger partial charge in [0.25, 0.3) is 15.7 Å². The summed E-state index contributed by atoms with van der Waals surface area (Å²) in [5, 5.41) is 15.0. The standard InChI is InChI=1S/C30H34Cl2N4O7S/c1-6-20(3)33-30(38)21(4)34(17-25-26(31)8-7-9-27(25)32)29(37)18-35(22-11-13-23(43-5)14-12-22)44(41,42)24-15-10-19(2)28(16-24)36(39)40/h7-16,20-21H,6,17-18H2,1-5H3,(H,33,38)/t20-,21-/m0/s1. The number of nitro groups is 1. The Balaban J connectivity index is 2.13. The Kier molecular flexibility index (Phi) is 11.6. The van der Waals surface area contributed by atoms with Gasteiger partial charge in [0.15, 0.2) is 0 Å². The van der Waals surface area contributed by atoms with Crippen molar-refractivity contribution in [2.45, 2.75) is 57.6 Å². The summed E-state index contributed by atoms with van der Waals surface area (Å²) in [4.78, 5) is 39.1. The van der Waals surface area contributed by atoms with Crippen LogP contribution in [0.5, 0.6) is 5.75 Å². The van der Waals surface area contributed by atoms with Crippen molar-refractivity contribution < 1.29 is 27.7 Å². The van der Waals surface area contributed by atoms with Gasteiger partial charge < -0.3 is 15.0 Å². The van der Waals surface area contributed by atoms with Crippen LogP contribution in [0.25, 0.3) is 0 Å². The molecule has 1 N–H and O–H groups in total. The molecule has 0 spiro atoms. The largest absolute Gasteiger partial charge is 0.497 e. The fourth-order valence-corrected chi connectivity index (χ4v) is 6.20. The molecule has 2 atom stereocenters. The van der Waals surface area contributed by atoms with Crippen molar-refractivity contribution in [1.29, 1.82) is 0 Å². The third-order valence-electron chi connectivity index (χ3n) is 7.16. The lowest BCUT2D eigenvalue weighted by atomic mass is 10.1. The Morgan fingerprint density at radius 1 is 1.05 bits per heavy atom. The number of amides is 2. The van der Waals surface area contributed by atoms with Gasteiger partial charge in [-0.25, -0.2) is 8.42 Å². The van der Waals surface area contributed by atoms with Gasteiger partial charge in [-0.05, 0) is 69.7 Å². The van der Waals surface area contributed by atoms with E-state index in [9.17, 15) is 28.1 Å². The van der Waals surface area contributed by atoms with Crippen molar-refractivity contribution in [1.82, 2.24) is 10.2 Å². The molecule has 0 unspecified atom stereocenters. The molecule has 0 aromatic heterocycles. The summed E-state index contributed by atoms with van der Waals surface area (Å²) in [6, 6.07) is 13.0. The lowest BCUT2D eigenvalue weighted by Gasteiger charge is -2.32. The van der Waals surface area contributed by atoms with E-state index in [1.807, 2.05) is 13.8 Å². The number of nitrogens with one attached hydrogen (secondary N) is 1. The van der Waals surface area contributed by atoms with Crippen LogP contribution in [-0.2, 0) is 26.2 Å². The number of benzene rings is 3. The molecule has 3 aromatic rings. The number of aryl methyl sites for hydroxylation is 1. The molecule has 0 aliphatic rings. The zero-order chi connectivity index (χ0) is 32.8. The first-order valence-corrected chi connectivity index (χ1v) is 15.8. The summed E-state index contributed by atoms with van der Waals surface area (Å²) < 4.78 is 34.2. The fraction of sp³-hybridized carbons (Fsp3) is 0.333. The van der Waals surface area contributed by atoms with Crippen LogP contribution in [0.3, 0.4) is 0 Å². The van der Waals surface area contributed by atoms with Crippen LogP contribution in [0, 0.1) is 17.0 Å². The van der Waals surface area contributed by atoms with Crippen molar-refractivity contribution >= 4 is 56.4 Å². The summed E-state index contributed by atoms with van der Waals surface area (Å²) in [5.74, 6) is -0.758. The number of hydrogen-bond donors (Lipinski definition) is 1. The number of carbonyl (C=O) groups excluding carboxylic acids is 2. The number of nitro benzene ring substituents is 1. The molecule has 3 rings (SSSR count). The second kappa shape index (κ2) is 14.7. The number of rotatable bonds is 13. The van der Waals surface area contributed by atoms with Crippen molar-refractivity contribution in [3.8, 4) is 5.75 Å². The summed E-state index contributed by atoms with van der Waals surface area (Å²) in [5.41, 5.74) is 0.345. The van der Waals surface area contributed by atoms with Gasteiger partial charge in [0.2, 0.25) is 11.8 Å². The number of anilines is 1. The van der Waals surface area contributed by atoms with Crippen LogP contribution in [0.15, 0.2) is 65.6 Å². The molecular weight excluding hydrogens is 631 g/mol. The van der Waals surface area contributed by atoms with Gasteiger partial charge in [0.05, 0.1) is 22.6 Å². The van der Waals surface area contributed by atoms with Crippen molar-refractivity contribution in [2.24, 2.45) is 0 Å². The Hall–Kier alpha value is -3.87. The Bertz CT molecular complexity index is 1610. The van der Waals surface area contributed by atoms with Crippen molar-refractivity contribution in [2.75, 3.05) is 18.0 Å². The topological polar surface area (TPSA) is 139 Å². The molecule has 0 aliphatic carbocycles. The van der Waals surface area contributed by atoms with E-state index in [1.54, 1.807) is 18.2 Å². The number of sulfonamides is 1. The quantitative estimate of drug-likeness (QED) is 0.181. The first kappa shape index (κ1) is 34.6. The minimum Gasteiger partial charge on any atom is -0.497 e. The predicted octanol–water partition coefficient (Wildman–Crippen LogP) is 5.75. The zero-order valence-corrected chi connectivity index (χ0v) is 27.2. The van der Waals surface area contributed by atoms with E-state index in [0.29, 0.717) is 17.7 Å². The third kappa shape index (κ3) is 7.99. The van der Waals surface area contributed by atoms with Crippen molar-refractivity contribution in [3.63, 3.8) is 0 Å². The van der Waals surface area contributed by atoms with Crippen molar-refractivity contribution in [3.05, 3.63) is 92.0 Å². The molecule has 0 saturated carbocycles. The molecule has 0 fully saturated rings. The average Bonchev–Trinajstić information content (AvgIpc) is 2.99. The van der Waals surface area contributed by atoms with Gasteiger partial charge in [-0.3, -0.25) is 24.0 Å². The smallest absolute Gasteiger partial charge is 0.273 e. The highest BCUT2D eigenvalue weighted by Crippen LogP contribution is 2.31. The van der Waals surface area contributed by atoms with Crippen LogP contribution in [-0.4, -0.2) is 55.8 Å². The van der Waals surface area contributed by atoms with Crippen LogP contribution in [0.2, 0.25) is 10.0 Å². The Labute approximate surface area is 266 Å². The van der Waals surface area contributed by atoms with Gasteiger partial charge in [0, 0.05) is 39.8 Å². The number of halogens is 2. The number of methoxy groups -OCH3 is 1. The molecule has 14 heteroatoms. The lowest BCUT2D eigenvalue weighted by Crippen LogP contribution is -2.52. The molecular formula is C30H34Cl2N4O7S. The number of carbonyl (C=O) groups is 2. The van der Waals surface area contributed by atoms with Crippen LogP contribution >= 0.6 is 23.2 Å². The summed E-state index contributed by atoms with van der Waals surface area (Å²) in [6.45, 7) is 5.78. The molecule has 2 amide bonds. The molecule has 11 nitrogen and oxygen atoms in total. The van der Waals surface area contributed by atoms with Gasteiger partial charge in [-0.15, -0.1) is 0 Å². The van der Waals surface area contributed by atoms with Gasteiger partial charge in [0.1, 0.15) is 18.3 Å². The molecule has 0 bridgehead atoms. The van der Waals surface area contributed by atoms with E-state index in [2.05, 4.69) is 5.32 Å². The van der Waals surface area contributed by atoms with E-state index in [4.69, 9.17) is 27.9 Å². The van der Waals surface area contributed by atoms with Crippen LogP contribution < -0.4 is 14.4 Å². The minimum absolute atomic E-state index is 0.0924. The fourth-order valence-electron chi connectivity index (χ4n) is 4.25. The SMILES string of the molecule is CC[C@H](C)NC(=O)[C@H](C)N(Cc1c(Cl)cccc1Cl)C(=O)CN(c1ccc(OC)cc1)S(=O)(=O)c1ccc(C)c([N+](=O)[O-])c1. The highest BCUT2D eigenvalue weighted by molar-refractivity contribution is 7.92. The van der Waals surface area contributed by atoms with E-state index in [0.717, 1.165) is 10.4 Å². The van der Waals surface area contributed by atoms with Crippen LogP contribution in [0.1, 0.15) is 38.3 Å². The molecule has 0 aliphatic heterocycles. The zero-order valence-electron chi connectivity index (χ0n) is 24.9. The molecule has 0 radical (unpaired) electrons. The maximum Gasteiger partial charge on any atom is 0.273 e. The minimum atomic E-state index is -4.55. The average molecular weight is 666 g/mol. The highest BCUT2D eigenvalue weighted by atomic mass is 35.5. The van der Waals surface area contributed by atoms with E-state index in [1.165, 1.54) is 62.3 Å². The normalized spacial score (nSPS) is 12.6. The third-order valence-corrected chi connectivity index (χ3v) is 9.64. The molecule has 236 valence electrons. The second-order valence-electron chi connectivity index (χ2n) is 10.1. The predicted molar refractivity (Wildman–Crippen MR) is 170 cm³/mol.